The van der Waals surface area contributed by atoms with Gasteiger partial charge in [0.1, 0.15) is 0 Å². The van der Waals surface area contributed by atoms with Crippen LogP contribution in [0.2, 0.25) is 5.82 Å². The van der Waals surface area contributed by atoms with Crippen LogP contribution in [0.25, 0.3) is 0 Å². The van der Waals surface area contributed by atoms with E-state index < -0.39 is 0 Å². The Morgan fingerprint density at radius 2 is 2.20 bits per heavy atom. The van der Waals surface area contributed by atoms with Gasteiger partial charge in [-0.25, -0.2) is 0 Å². The maximum absolute atomic E-state index is 5.53. The van der Waals surface area contributed by atoms with Crippen LogP contribution in [0.4, 0.5) is 0 Å². The van der Waals surface area contributed by atoms with Gasteiger partial charge in [-0.05, 0) is 19.2 Å². The molecule has 0 aromatic heterocycles. The van der Waals surface area contributed by atoms with Crippen LogP contribution in [0.1, 0.15) is 27.2 Å². The van der Waals surface area contributed by atoms with Gasteiger partial charge < -0.3 is 9.31 Å². The van der Waals surface area contributed by atoms with Crippen molar-refractivity contribution in [1.29, 1.82) is 0 Å². The van der Waals surface area contributed by atoms with Crippen molar-refractivity contribution in [2.75, 3.05) is 6.61 Å². The zero-order valence-electron chi connectivity index (χ0n) is 6.96. The second-order valence-corrected chi connectivity index (χ2v) is 3.22. The first kappa shape index (κ1) is 8.09. The minimum atomic E-state index is 0.0312. The molecule has 1 aliphatic heterocycles. The molecular weight excluding hydrogens is 127 g/mol. The normalized spacial score (nSPS) is 27.6. The highest BCUT2D eigenvalue weighted by Crippen LogP contribution is 2.17. The Morgan fingerprint density at radius 3 is 2.60 bits per heavy atom. The minimum Gasteiger partial charge on any atom is -0.411 e. The standard InChI is InChI=1S/C7H15BO2/c1-6(2)8-9-5-4-7(3)10-8/h6-7H,4-5H2,1-3H3. The summed E-state index contributed by atoms with van der Waals surface area (Å²) in [5, 5.41) is 0. The zero-order valence-corrected chi connectivity index (χ0v) is 6.96. The zero-order chi connectivity index (χ0) is 7.56. The van der Waals surface area contributed by atoms with Crippen LogP contribution >= 0.6 is 0 Å². The van der Waals surface area contributed by atoms with Crippen LogP contribution in [0.5, 0.6) is 0 Å². The number of hydrogen-bond acceptors (Lipinski definition) is 2. The fourth-order valence-corrected chi connectivity index (χ4v) is 1.04. The summed E-state index contributed by atoms with van der Waals surface area (Å²) in [4.78, 5) is 0. The van der Waals surface area contributed by atoms with Crippen molar-refractivity contribution in [3.8, 4) is 0 Å². The van der Waals surface area contributed by atoms with Crippen LogP contribution in [-0.2, 0) is 9.31 Å². The van der Waals surface area contributed by atoms with E-state index in [9.17, 15) is 0 Å². The molecule has 0 spiro atoms. The van der Waals surface area contributed by atoms with Crippen molar-refractivity contribution in [3.63, 3.8) is 0 Å². The summed E-state index contributed by atoms with van der Waals surface area (Å²) in [5.74, 6) is 0.475. The van der Waals surface area contributed by atoms with Gasteiger partial charge in [-0.3, -0.25) is 0 Å². The molecule has 0 aromatic carbocycles. The molecule has 3 heteroatoms. The first-order valence-corrected chi connectivity index (χ1v) is 3.97. The van der Waals surface area contributed by atoms with Gasteiger partial charge in [0.15, 0.2) is 0 Å². The molecule has 58 valence electrons. The lowest BCUT2D eigenvalue weighted by atomic mass is 9.73. The highest BCUT2D eigenvalue weighted by molar-refractivity contribution is 6.46. The molecule has 0 N–H and O–H groups in total. The van der Waals surface area contributed by atoms with Crippen LogP contribution in [0, 0.1) is 0 Å². The van der Waals surface area contributed by atoms with E-state index in [0.29, 0.717) is 11.9 Å². The Morgan fingerprint density at radius 1 is 1.50 bits per heavy atom. The van der Waals surface area contributed by atoms with Gasteiger partial charge in [0.25, 0.3) is 0 Å². The minimum absolute atomic E-state index is 0.0312. The number of hydrogen-bond donors (Lipinski definition) is 0. The average molecular weight is 142 g/mol. The SMILES string of the molecule is CC1CCOB(C(C)C)O1. The monoisotopic (exact) mass is 142 g/mol. The Balaban J connectivity index is 2.32. The summed E-state index contributed by atoms with van der Waals surface area (Å²) < 4.78 is 10.9. The first-order valence-electron chi connectivity index (χ1n) is 3.97. The topological polar surface area (TPSA) is 18.5 Å². The van der Waals surface area contributed by atoms with E-state index in [0.717, 1.165) is 13.0 Å². The molecule has 0 bridgehead atoms. The molecule has 0 aliphatic carbocycles. The van der Waals surface area contributed by atoms with E-state index in [1.165, 1.54) is 0 Å². The van der Waals surface area contributed by atoms with Crippen LogP contribution in [0.15, 0.2) is 0 Å². The molecule has 1 aliphatic rings. The molecule has 0 amide bonds. The summed E-state index contributed by atoms with van der Waals surface area (Å²) in [6.45, 7) is 7.17. The van der Waals surface area contributed by atoms with Crippen LogP contribution in [0.3, 0.4) is 0 Å². The van der Waals surface area contributed by atoms with E-state index in [2.05, 4.69) is 20.8 Å². The third kappa shape index (κ3) is 1.99. The lowest BCUT2D eigenvalue weighted by Crippen LogP contribution is -2.36. The fraction of sp³-hybridized carbons (Fsp3) is 1.00. The molecule has 2 nitrogen and oxygen atoms in total. The summed E-state index contributed by atoms with van der Waals surface area (Å²) in [5.41, 5.74) is 0. The molecule has 1 unspecified atom stereocenters. The van der Waals surface area contributed by atoms with Crippen molar-refractivity contribution >= 4 is 7.12 Å². The second-order valence-electron chi connectivity index (χ2n) is 3.22. The van der Waals surface area contributed by atoms with Crippen molar-refractivity contribution in [2.24, 2.45) is 0 Å². The Bertz CT molecular complexity index is 106. The van der Waals surface area contributed by atoms with Gasteiger partial charge >= 0.3 is 7.12 Å². The predicted molar refractivity (Wildman–Crippen MR) is 42.0 cm³/mol. The van der Waals surface area contributed by atoms with E-state index in [-0.39, 0.29) is 7.12 Å². The summed E-state index contributed by atoms with van der Waals surface area (Å²) in [6.07, 6.45) is 1.41. The molecule has 1 saturated heterocycles. The molecule has 0 aromatic rings. The van der Waals surface area contributed by atoms with E-state index in [1.54, 1.807) is 0 Å². The summed E-state index contributed by atoms with van der Waals surface area (Å²) >= 11 is 0. The number of rotatable bonds is 1. The van der Waals surface area contributed by atoms with Crippen LogP contribution < -0.4 is 0 Å². The van der Waals surface area contributed by atoms with E-state index in [1.807, 2.05) is 0 Å². The Labute approximate surface area is 63.0 Å². The quantitative estimate of drug-likeness (QED) is 0.519. The van der Waals surface area contributed by atoms with Gasteiger partial charge in [-0.15, -0.1) is 0 Å². The maximum atomic E-state index is 5.53. The maximum Gasteiger partial charge on any atom is 0.459 e. The molecule has 1 heterocycles. The predicted octanol–water partition coefficient (Wildman–Crippen LogP) is 1.71. The van der Waals surface area contributed by atoms with Gasteiger partial charge in [0.05, 0.1) is 0 Å². The average Bonchev–Trinajstić information content (AvgIpc) is 1.88. The van der Waals surface area contributed by atoms with Gasteiger partial charge in [-0.2, -0.15) is 0 Å². The van der Waals surface area contributed by atoms with Crippen molar-refractivity contribution in [2.45, 2.75) is 39.1 Å². The molecule has 10 heavy (non-hydrogen) atoms. The van der Waals surface area contributed by atoms with Gasteiger partial charge in [-0.1, -0.05) is 13.8 Å². The van der Waals surface area contributed by atoms with E-state index in [4.69, 9.17) is 9.31 Å². The second kappa shape index (κ2) is 3.40. The molecule has 1 fully saturated rings. The van der Waals surface area contributed by atoms with Crippen LogP contribution in [-0.4, -0.2) is 19.8 Å². The van der Waals surface area contributed by atoms with Crippen molar-refractivity contribution < 1.29 is 9.31 Å². The molecule has 0 radical (unpaired) electrons. The van der Waals surface area contributed by atoms with Gasteiger partial charge in [0.2, 0.25) is 0 Å². The smallest absolute Gasteiger partial charge is 0.411 e. The highest BCUT2D eigenvalue weighted by atomic mass is 16.6. The molecular formula is C7H15BO2. The first-order chi connectivity index (χ1) is 4.70. The summed E-state index contributed by atoms with van der Waals surface area (Å²) in [6, 6.07) is 0. The third-order valence-electron chi connectivity index (χ3n) is 1.72. The lowest BCUT2D eigenvalue weighted by Gasteiger charge is -2.27. The molecule has 0 saturated carbocycles. The highest BCUT2D eigenvalue weighted by Gasteiger charge is 2.28. The summed E-state index contributed by atoms with van der Waals surface area (Å²) in [7, 11) is 0.0312. The van der Waals surface area contributed by atoms with Gasteiger partial charge in [0, 0.05) is 12.7 Å². The Kier molecular flexibility index (Phi) is 2.75. The van der Waals surface area contributed by atoms with E-state index >= 15 is 0 Å². The lowest BCUT2D eigenvalue weighted by molar-refractivity contribution is 0.0742. The third-order valence-corrected chi connectivity index (χ3v) is 1.72. The largest absolute Gasteiger partial charge is 0.459 e. The molecule has 1 rings (SSSR count). The van der Waals surface area contributed by atoms with Crippen molar-refractivity contribution in [3.05, 3.63) is 0 Å². The van der Waals surface area contributed by atoms with Crippen molar-refractivity contribution in [1.82, 2.24) is 0 Å². The fourth-order valence-electron chi connectivity index (χ4n) is 1.04. The molecule has 1 atom stereocenters. The Hall–Kier alpha value is -0.0151.